The summed E-state index contributed by atoms with van der Waals surface area (Å²) in [5.74, 6) is 1.37. The molecule has 24 heavy (non-hydrogen) atoms. The summed E-state index contributed by atoms with van der Waals surface area (Å²) < 4.78 is 7.34. The summed E-state index contributed by atoms with van der Waals surface area (Å²) in [4.78, 5) is 13.5. The van der Waals surface area contributed by atoms with E-state index in [9.17, 15) is 0 Å². The number of rotatable bonds is 5. The fourth-order valence-electron chi connectivity index (χ4n) is 3.27. The van der Waals surface area contributed by atoms with Gasteiger partial charge in [0.2, 0.25) is 11.8 Å². The van der Waals surface area contributed by atoms with Gasteiger partial charge in [0, 0.05) is 56.7 Å². The number of hydrogen-bond acceptors (Lipinski definition) is 6. The summed E-state index contributed by atoms with van der Waals surface area (Å²) in [6, 6.07) is 2.42. The summed E-state index contributed by atoms with van der Waals surface area (Å²) in [7, 11) is 1.63. The van der Waals surface area contributed by atoms with Crippen LogP contribution in [0.4, 0.5) is 5.95 Å². The predicted molar refractivity (Wildman–Crippen MR) is 91.2 cm³/mol. The van der Waals surface area contributed by atoms with Crippen molar-refractivity contribution in [3.8, 4) is 5.88 Å². The Bertz CT molecular complexity index is 675. The Kier molecular flexibility index (Phi) is 4.34. The highest BCUT2D eigenvalue weighted by atomic mass is 16.5. The van der Waals surface area contributed by atoms with Crippen LogP contribution >= 0.6 is 0 Å². The number of hydrogen-bond donors (Lipinski definition) is 0. The van der Waals surface area contributed by atoms with Crippen molar-refractivity contribution >= 4 is 5.95 Å². The second-order valence-electron chi connectivity index (χ2n) is 6.58. The zero-order chi connectivity index (χ0) is 16.4. The van der Waals surface area contributed by atoms with Gasteiger partial charge in [0.1, 0.15) is 0 Å². The topological polar surface area (TPSA) is 59.3 Å². The highest BCUT2D eigenvalue weighted by Crippen LogP contribution is 2.30. The lowest BCUT2D eigenvalue weighted by atomic mass is 9.93. The number of anilines is 1. The summed E-state index contributed by atoms with van der Waals surface area (Å²) in [5.41, 5.74) is 1.31. The van der Waals surface area contributed by atoms with E-state index >= 15 is 0 Å². The Labute approximate surface area is 142 Å². The third-order valence-corrected chi connectivity index (χ3v) is 4.99. The molecule has 0 aromatic carbocycles. The van der Waals surface area contributed by atoms with Crippen LogP contribution in [0.5, 0.6) is 5.88 Å². The Hall–Kier alpha value is -2.15. The standard InChI is InChI=1S/C17H24N6O/c1-24-16-5-6-18-17(20-16)22-9-7-21(8-10-22)12-14-11-19-23(13-14)15-3-2-4-15/h5-6,11,13,15H,2-4,7-10,12H2,1H3. The van der Waals surface area contributed by atoms with Gasteiger partial charge in [0.05, 0.1) is 19.3 Å². The summed E-state index contributed by atoms with van der Waals surface area (Å²) >= 11 is 0. The van der Waals surface area contributed by atoms with Crippen molar-refractivity contribution in [2.45, 2.75) is 31.8 Å². The smallest absolute Gasteiger partial charge is 0.228 e. The van der Waals surface area contributed by atoms with Gasteiger partial charge in [0.25, 0.3) is 0 Å². The van der Waals surface area contributed by atoms with E-state index in [0.717, 1.165) is 38.7 Å². The van der Waals surface area contributed by atoms with E-state index in [2.05, 4.69) is 35.7 Å². The summed E-state index contributed by atoms with van der Waals surface area (Å²) in [6.07, 6.45) is 9.90. The van der Waals surface area contributed by atoms with Crippen molar-refractivity contribution in [1.82, 2.24) is 24.6 Å². The summed E-state index contributed by atoms with van der Waals surface area (Å²) in [5, 5.41) is 4.53. The molecule has 1 saturated heterocycles. The van der Waals surface area contributed by atoms with Gasteiger partial charge >= 0.3 is 0 Å². The van der Waals surface area contributed by atoms with Crippen molar-refractivity contribution in [2.75, 3.05) is 38.2 Å². The van der Waals surface area contributed by atoms with Gasteiger partial charge in [-0.05, 0) is 19.3 Å². The van der Waals surface area contributed by atoms with E-state index in [-0.39, 0.29) is 0 Å². The lowest BCUT2D eigenvalue weighted by molar-refractivity contribution is 0.247. The van der Waals surface area contributed by atoms with Gasteiger partial charge in [-0.3, -0.25) is 9.58 Å². The van der Waals surface area contributed by atoms with Crippen LogP contribution in [-0.4, -0.2) is 57.9 Å². The molecule has 1 aliphatic carbocycles. The molecule has 128 valence electrons. The monoisotopic (exact) mass is 328 g/mol. The molecule has 1 aliphatic heterocycles. The van der Waals surface area contributed by atoms with Crippen LogP contribution in [0.25, 0.3) is 0 Å². The van der Waals surface area contributed by atoms with Crippen LogP contribution in [0.15, 0.2) is 24.7 Å². The second-order valence-corrected chi connectivity index (χ2v) is 6.58. The van der Waals surface area contributed by atoms with Crippen molar-refractivity contribution in [1.29, 1.82) is 0 Å². The predicted octanol–water partition coefficient (Wildman–Crippen LogP) is 1.73. The summed E-state index contributed by atoms with van der Waals surface area (Å²) in [6.45, 7) is 4.86. The van der Waals surface area contributed by atoms with Crippen LogP contribution in [-0.2, 0) is 6.54 Å². The van der Waals surface area contributed by atoms with E-state index in [4.69, 9.17) is 4.74 Å². The Morgan fingerprint density at radius 3 is 2.75 bits per heavy atom. The van der Waals surface area contributed by atoms with Crippen LogP contribution in [0.1, 0.15) is 30.9 Å². The zero-order valence-electron chi connectivity index (χ0n) is 14.1. The van der Waals surface area contributed by atoms with Crippen LogP contribution in [0, 0.1) is 0 Å². The third-order valence-electron chi connectivity index (χ3n) is 4.99. The molecule has 2 aliphatic rings. The maximum atomic E-state index is 5.18. The Morgan fingerprint density at radius 1 is 1.21 bits per heavy atom. The first-order valence-corrected chi connectivity index (χ1v) is 8.69. The maximum absolute atomic E-state index is 5.18. The minimum absolute atomic E-state index is 0.617. The number of ether oxygens (including phenoxy) is 1. The quantitative estimate of drug-likeness (QED) is 0.833. The largest absolute Gasteiger partial charge is 0.481 e. The zero-order valence-corrected chi connectivity index (χ0v) is 14.1. The molecule has 0 spiro atoms. The van der Waals surface area contributed by atoms with E-state index in [1.165, 1.54) is 24.8 Å². The molecule has 4 rings (SSSR count). The molecule has 2 aromatic rings. The normalized spacial score (nSPS) is 19.3. The lowest BCUT2D eigenvalue weighted by Crippen LogP contribution is -2.46. The van der Waals surface area contributed by atoms with Crippen molar-refractivity contribution in [3.63, 3.8) is 0 Å². The SMILES string of the molecule is COc1ccnc(N2CCN(Cc3cnn(C4CCC4)c3)CC2)n1. The fourth-order valence-corrected chi connectivity index (χ4v) is 3.27. The van der Waals surface area contributed by atoms with E-state index in [1.54, 1.807) is 19.4 Å². The molecule has 7 nitrogen and oxygen atoms in total. The van der Waals surface area contributed by atoms with Gasteiger partial charge in [-0.1, -0.05) is 0 Å². The number of nitrogens with zero attached hydrogens (tertiary/aromatic N) is 6. The van der Waals surface area contributed by atoms with Crippen molar-refractivity contribution < 1.29 is 4.74 Å². The number of piperazine rings is 1. The Morgan fingerprint density at radius 2 is 2.04 bits per heavy atom. The second kappa shape index (κ2) is 6.76. The van der Waals surface area contributed by atoms with Gasteiger partial charge in [-0.2, -0.15) is 10.1 Å². The molecule has 0 unspecified atom stereocenters. The van der Waals surface area contributed by atoms with Crippen LogP contribution < -0.4 is 9.64 Å². The van der Waals surface area contributed by atoms with Gasteiger partial charge in [-0.15, -0.1) is 0 Å². The van der Waals surface area contributed by atoms with Gasteiger partial charge in [0.15, 0.2) is 0 Å². The number of methoxy groups -OCH3 is 1. The first-order chi connectivity index (χ1) is 11.8. The minimum Gasteiger partial charge on any atom is -0.481 e. The molecule has 7 heteroatoms. The van der Waals surface area contributed by atoms with E-state index in [0.29, 0.717) is 11.9 Å². The fraction of sp³-hybridized carbons (Fsp3) is 0.588. The third kappa shape index (κ3) is 3.21. The Balaban J connectivity index is 1.31. The minimum atomic E-state index is 0.617. The molecule has 0 atom stereocenters. The first kappa shape index (κ1) is 15.4. The van der Waals surface area contributed by atoms with Gasteiger partial charge < -0.3 is 9.64 Å². The first-order valence-electron chi connectivity index (χ1n) is 8.69. The van der Waals surface area contributed by atoms with Crippen LogP contribution in [0.2, 0.25) is 0 Å². The van der Waals surface area contributed by atoms with E-state index < -0.39 is 0 Å². The molecule has 2 fully saturated rings. The molecule has 0 amide bonds. The molecule has 2 aromatic heterocycles. The molecule has 1 saturated carbocycles. The lowest BCUT2D eigenvalue weighted by Gasteiger charge is -2.34. The molecule has 3 heterocycles. The van der Waals surface area contributed by atoms with E-state index in [1.807, 2.05) is 6.20 Å². The molecular weight excluding hydrogens is 304 g/mol. The average Bonchev–Trinajstić information content (AvgIpc) is 3.02. The van der Waals surface area contributed by atoms with Crippen molar-refractivity contribution in [3.05, 3.63) is 30.2 Å². The van der Waals surface area contributed by atoms with Crippen LogP contribution in [0.3, 0.4) is 0 Å². The number of aromatic nitrogens is 4. The molecule has 0 N–H and O–H groups in total. The molecule has 0 bridgehead atoms. The molecular formula is C17H24N6O. The molecule has 0 radical (unpaired) electrons. The highest BCUT2D eigenvalue weighted by molar-refractivity contribution is 5.32. The highest BCUT2D eigenvalue weighted by Gasteiger charge is 2.22. The van der Waals surface area contributed by atoms with Crippen molar-refractivity contribution in [2.24, 2.45) is 0 Å². The average molecular weight is 328 g/mol. The maximum Gasteiger partial charge on any atom is 0.228 e. The van der Waals surface area contributed by atoms with Gasteiger partial charge in [-0.25, -0.2) is 4.98 Å².